The minimum Gasteiger partial charge on any atom is -0.485 e. The lowest BCUT2D eigenvalue weighted by Crippen LogP contribution is -2.48. The molecule has 0 saturated heterocycles. The summed E-state index contributed by atoms with van der Waals surface area (Å²) in [7, 11) is 2.47. The summed E-state index contributed by atoms with van der Waals surface area (Å²) in [5.41, 5.74) is 0.302. The standard InChI is InChI=1S/C25H31NO8/c1-16(27)33-20-14-18(12-13-19(20)32-15-17-10-8-7-9-11-17)22(28)21(23(29)31-6)26(5)24(30)34-25(2,3)4/h7-14,21-22,28H,15H2,1-6H3/t21-,22+/m0/s1. The molecule has 2 rings (SSSR count). The summed E-state index contributed by atoms with van der Waals surface area (Å²) in [6.45, 7) is 6.51. The van der Waals surface area contributed by atoms with Gasteiger partial charge in [0.25, 0.3) is 0 Å². The zero-order valence-corrected chi connectivity index (χ0v) is 20.2. The van der Waals surface area contributed by atoms with Crippen LogP contribution in [0.5, 0.6) is 11.5 Å². The molecule has 0 aliphatic carbocycles. The Bertz CT molecular complexity index is 1000. The van der Waals surface area contributed by atoms with E-state index in [1.807, 2.05) is 30.3 Å². The summed E-state index contributed by atoms with van der Waals surface area (Å²) in [6.07, 6.45) is -2.33. The predicted molar refractivity (Wildman–Crippen MR) is 123 cm³/mol. The number of likely N-dealkylation sites (N-methyl/N-ethyl adjacent to an activating group) is 1. The normalized spacial score (nSPS) is 12.8. The van der Waals surface area contributed by atoms with Gasteiger partial charge in [0.05, 0.1) is 7.11 Å². The lowest BCUT2D eigenvalue weighted by Gasteiger charge is -2.32. The maximum absolute atomic E-state index is 12.5. The van der Waals surface area contributed by atoms with Gasteiger partial charge in [-0.2, -0.15) is 0 Å². The minimum atomic E-state index is -1.51. The summed E-state index contributed by atoms with van der Waals surface area (Å²) in [6, 6.07) is 12.4. The van der Waals surface area contributed by atoms with Crippen molar-refractivity contribution in [1.29, 1.82) is 0 Å². The molecule has 0 fully saturated rings. The molecule has 2 aromatic rings. The highest BCUT2D eigenvalue weighted by Crippen LogP contribution is 2.33. The van der Waals surface area contributed by atoms with Gasteiger partial charge in [-0.05, 0) is 44.0 Å². The van der Waals surface area contributed by atoms with Crippen molar-refractivity contribution in [2.75, 3.05) is 14.2 Å². The van der Waals surface area contributed by atoms with E-state index in [2.05, 4.69) is 0 Å². The van der Waals surface area contributed by atoms with Crippen molar-refractivity contribution in [3.05, 3.63) is 59.7 Å². The van der Waals surface area contributed by atoms with Gasteiger partial charge in [-0.3, -0.25) is 9.69 Å². The zero-order valence-electron chi connectivity index (χ0n) is 20.2. The molecule has 1 N–H and O–H groups in total. The number of hydrogen-bond acceptors (Lipinski definition) is 8. The second-order valence-corrected chi connectivity index (χ2v) is 8.58. The van der Waals surface area contributed by atoms with E-state index >= 15 is 0 Å². The van der Waals surface area contributed by atoms with Crippen LogP contribution in [-0.4, -0.2) is 53.8 Å². The summed E-state index contributed by atoms with van der Waals surface area (Å²) >= 11 is 0. The summed E-state index contributed by atoms with van der Waals surface area (Å²) in [5.74, 6) is -1.11. The third kappa shape index (κ3) is 7.48. The van der Waals surface area contributed by atoms with Gasteiger partial charge in [0.2, 0.25) is 0 Å². The second-order valence-electron chi connectivity index (χ2n) is 8.58. The number of hydrogen-bond donors (Lipinski definition) is 1. The van der Waals surface area contributed by atoms with Crippen molar-refractivity contribution in [2.24, 2.45) is 0 Å². The molecule has 0 aliphatic heterocycles. The Morgan fingerprint density at radius 1 is 1.03 bits per heavy atom. The smallest absolute Gasteiger partial charge is 0.410 e. The number of esters is 2. The van der Waals surface area contributed by atoms with Gasteiger partial charge in [0.1, 0.15) is 18.3 Å². The van der Waals surface area contributed by atoms with Crippen LogP contribution in [0.4, 0.5) is 4.79 Å². The van der Waals surface area contributed by atoms with Gasteiger partial charge >= 0.3 is 18.0 Å². The Balaban J connectivity index is 2.34. The topological polar surface area (TPSA) is 112 Å². The van der Waals surface area contributed by atoms with Crippen LogP contribution in [0.1, 0.15) is 44.9 Å². The van der Waals surface area contributed by atoms with Crippen molar-refractivity contribution >= 4 is 18.0 Å². The van der Waals surface area contributed by atoms with Gasteiger partial charge in [-0.25, -0.2) is 9.59 Å². The molecule has 34 heavy (non-hydrogen) atoms. The number of aliphatic hydroxyl groups is 1. The summed E-state index contributed by atoms with van der Waals surface area (Å²) < 4.78 is 21.2. The van der Waals surface area contributed by atoms with E-state index in [0.717, 1.165) is 17.6 Å². The van der Waals surface area contributed by atoms with Crippen LogP contribution in [-0.2, 0) is 25.7 Å². The molecule has 9 heteroatoms. The quantitative estimate of drug-likeness (QED) is 0.457. The molecule has 2 aromatic carbocycles. The van der Waals surface area contributed by atoms with Crippen molar-refractivity contribution < 1.29 is 38.4 Å². The fourth-order valence-electron chi connectivity index (χ4n) is 3.05. The minimum absolute atomic E-state index is 0.0588. The van der Waals surface area contributed by atoms with E-state index in [-0.39, 0.29) is 23.7 Å². The lowest BCUT2D eigenvalue weighted by molar-refractivity contribution is -0.151. The first-order chi connectivity index (χ1) is 15.9. The van der Waals surface area contributed by atoms with Crippen LogP contribution in [0.3, 0.4) is 0 Å². The van der Waals surface area contributed by atoms with Crippen LogP contribution in [0.15, 0.2) is 48.5 Å². The van der Waals surface area contributed by atoms with E-state index < -0.39 is 35.8 Å². The predicted octanol–water partition coefficient (Wildman–Crippen LogP) is 3.63. The molecule has 0 aliphatic rings. The number of carbonyl (C=O) groups excluding carboxylic acids is 3. The molecule has 0 unspecified atom stereocenters. The number of aliphatic hydroxyl groups excluding tert-OH is 1. The molecule has 0 saturated carbocycles. The van der Waals surface area contributed by atoms with Crippen LogP contribution in [0.25, 0.3) is 0 Å². The largest absolute Gasteiger partial charge is 0.485 e. The first-order valence-electron chi connectivity index (χ1n) is 10.6. The molecule has 0 heterocycles. The Morgan fingerprint density at radius 2 is 1.68 bits per heavy atom. The number of ether oxygens (including phenoxy) is 4. The highest BCUT2D eigenvalue weighted by molar-refractivity contribution is 5.82. The first kappa shape index (κ1) is 26.7. The van der Waals surface area contributed by atoms with Gasteiger partial charge in [0.15, 0.2) is 17.5 Å². The number of methoxy groups -OCH3 is 1. The highest BCUT2D eigenvalue weighted by atomic mass is 16.6. The third-order valence-electron chi connectivity index (χ3n) is 4.64. The van der Waals surface area contributed by atoms with Crippen LogP contribution < -0.4 is 9.47 Å². The number of rotatable bonds is 8. The average molecular weight is 474 g/mol. The molecular formula is C25H31NO8. The van der Waals surface area contributed by atoms with Gasteiger partial charge in [-0.1, -0.05) is 36.4 Å². The maximum Gasteiger partial charge on any atom is 0.410 e. The van der Waals surface area contributed by atoms with Crippen molar-refractivity contribution in [3.63, 3.8) is 0 Å². The molecule has 0 radical (unpaired) electrons. The second kappa shape index (κ2) is 11.5. The number of amides is 1. The molecule has 184 valence electrons. The lowest BCUT2D eigenvalue weighted by atomic mass is 10.0. The number of nitrogens with zero attached hydrogens (tertiary/aromatic N) is 1. The van der Waals surface area contributed by atoms with Crippen molar-refractivity contribution in [1.82, 2.24) is 4.90 Å². The van der Waals surface area contributed by atoms with E-state index in [4.69, 9.17) is 18.9 Å². The molecule has 0 aromatic heterocycles. The fourth-order valence-corrected chi connectivity index (χ4v) is 3.05. The molecule has 0 spiro atoms. The zero-order chi connectivity index (χ0) is 25.5. The van der Waals surface area contributed by atoms with Crippen molar-refractivity contribution in [2.45, 2.75) is 52.0 Å². The summed E-state index contributed by atoms with van der Waals surface area (Å²) in [5, 5.41) is 11.0. The third-order valence-corrected chi connectivity index (χ3v) is 4.64. The molecule has 9 nitrogen and oxygen atoms in total. The Labute approximate surface area is 199 Å². The van der Waals surface area contributed by atoms with Crippen molar-refractivity contribution in [3.8, 4) is 11.5 Å². The van der Waals surface area contributed by atoms with Crippen LogP contribution >= 0.6 is 0 Å². The van der Waals surface area contributed by atoms with Crippen LogP contribution in [0.2, 0.25) is 0 Å². The van der Waals surface area contributed by atoms with Gasteiger partial charge < -0.3 is 24.1 Å². The Kier molecular flexibility index (Phi) is 9.03. The monoisotopic (exact) mass is 473 g/mol. The Hall–Kier alpha value is -3.59. The molecule has 1 amide bonds. The maximum atomic E-state index is 12.5. The van der Waals surface area contributed by atoms with Crippen LogP contribution in [0, 0.1) is 0 Å². The average Bonchev–Trinajstić information content (AvgIpc) is 2.77. The van der Waals surface area contributed by atoms with E-state index in [9.17, 15) is 19.5 Å². The highest BCUT2D eigenvalue weighted by Gasteiger charge is 2.37. The number of carbonyl (C=O) groups is 3. The molecular weight excluding hydrogens is 442 g/mol. The van der Waals surface area contributed by atoms with E-state index in [0.29, 0.717) is 0 Å². The van der Waals surface area contributed by atoms with E-state index in [1.165, 1.54) is 32.2 Å². The number of benzene rings is 2. The molecule has 0 bridgehead atoms. The first-order valence-corrected chi connectivity index (χ1v) is 10.6. The Morgan fingerprint density at radius 3 is 2.24 bits per heavy atom. The van der Waals surface area contributed by atoms with Gasteiger partial charge in [-0.15, -0.1) is 0 Å². The SMILES string of the molecule is COC(=O)[C@H]([C@H](O)c1ccc(OCc2ccccc2)c(OC(C)=O)c1)N(C)C(=O)OC(C)(C)C. The summed E-state index contributed by atoms with van der Waals surface area (Å²) in [4.78, 5) is 37.6. The van der Waals surface area contributed by atoms with Gasteiger partial charge in [0, 0.05) is 14.0 Å². The van der Waals surface area contributed by atoms with E-state index in [1.54, 1.807) is 20.8 Å². The fraction of sp³-hybridized carbons (Fsp3) is 0.400. The molecule has 2 atom stereocenters.